The van der Waals surface area contributed by atoms with Crippen molar-refractivity contribution in [3.8, 4) is 5.75 Å². The van der Waals surface area contributed by atoms with Crippen molar-refractivity contribution in [1.29, 1.82) is 0 Å². The Morgan fingerprint density at radius 1 is 1.32 bits per heavy atom. The van der Waals surface area contributed by atoms with Gasteiger partial charge in [-0.05, 0) is 31.3 Å². The molecule has 1 aliphatic heterocycles. The lowest BCUT2D eigenvalue weighted by Gasteiger charge is -2.27. The second-order valence-electron chi connectivity index (χ2n) is 4.49. The van der Waals surface area contributed by atoms with E-state index in [2.05, 4.69) is 5.32 Å². The fraction of sp³-hybridized carbons (Fsp3) is 0.188. The van der Waals surface area contributed by atoms with E-state index in [0.29, 0.717) is 12.3 Å². The first-order valence-electron chi connectivity index (χ1n) is 6.77. The zero-order chi connectivity index (χ0) is 16.1. The highest BCUT2D eigenvalue weighted by Gasteiger charge is 2.31. The first-order chi connectivity index (χ1) is 10.6. The number of methoxy groups -OCH3 is 1. The van der Waals surface area contributed by atoms with E-state index in [4.69, 9.17) is 17.0 Å². The number of amides is 2. The molecular weight excluding hydrogens is 300 g/mol. The van der Waals surface area contributed by atoms with Crippen LogP contribution in [-0.4, -0.2) is 35.5 Å². The highest BCUT2D eigenvalue weighted by molar-refractivity contribution is 7.80. The van der Waals surface area contributed by atoms with Gasteiger partial charge in [-0.3, -0.25) is 19.8 Å². The average molecular weight is 316 g/mol. The number of nitrogens with zero attached hydrogens (tertiary/aromatic N) is 1. The summed E-state index contributed by atoms with van der Waals surface area (Å²) in [6, 6.07) is 7.46. The van der Waals surface area contributed by atoms with Gasteiger partial charge in [-0.2, -0.15) is 0 Å². The fourth-order valence-electron chi connectivity index (χ4n) is 2.05. The van der Waals surface area contributed by atoms with E-state index in [0.717, 1.165) is 5.56 Å². The molecule has 0 spiro atoms. The standard InChI is InChI=1S/C16H16N2O3S/c1-3-18-15(20)12(14(19)17-16(18)22)9-6-8-11-7-4-5-10-13(11)21-2/h4-10H,3H2,1-2H3,(H,17,19,22)/b8-6+,12-9+. The van der Waals surface area contributed by atoms with Crippen molar-refractivity contribution in [3.05, 3.63) is 47.6 Å². The number of likely N-dealkylation sites (N-methyl/N-ethyl adjacent to an activating group) is 1. The molecule has 1 heterocycles. The Hall–Kier alpha value is -2.47. The Labute approximate surface area is 134 Å². The van der Waals surface area contributed by atoms with E-state index in [1.165, 1.54) is 11.0 Å². The molecule has 22 heavy (non-hydrogen) atoms. The van der Waals surface area contributed by atoms with Gasteiger partial charge in [0.05, 0.1) is 7.11 Å². The first kappa shape index (κ1) is 15.9. The zero-order valence-corrected chi connectivity index (χ0v) is 13.1. The lowest BCUT2D eigenvalue weighted by atomic mass is 10.1. The normalized spacial score (nSPS) is 17.3. The monoisotopic (exact) mass is 316 g/mol. The molecule has 1 aromatic carbocycles. The summed E-state index contributed by atoms with van der Waals surface area (Å²) >= 11 is 4.97. The Morgan fingerprint density at radius 3 is 2.73 bits per heavy atom. The minimum atomic E-state index is -0.482. The molecule has 5 nitrogen and oxygen atoms in total. The van der Waals surface area contributed by atoms with Gasteiger partial charge in [-0.15, -0.1) is 0 Å². The van der Waals surface area contributed by atoms with Crippen LogP contribution < -0.4 is 10.1 Å². The largest absolute Gasteiger partial charge is 0.496 e. The quantitative estimate of drug-likeness (QED) is 0.524. The maximum Gasteiger partial charge on any atom is 0.265 e. The number of thiocarbonyl (C=S) groups is 1. The second kappa shape index (κ2) is 7.00. The van der Waals surface area contributed by atoms with E-state index in [9.17, 15) is 9.59 Å². The van der Waals surface area contributed by atoms with Crippen LogP contribution >= 0.6 is 12.2 Å². The van der Waals surface area contributed by atoms with Gasteiger partial charge in [0.15, 0.2) is 5.11 Å². The van der Waals surface area contributed by atoms with Gasteiger partial charge < -0.3 is 4.74 Å². The molecular formula is C16H16N2O3S. The number of nitrogens with one attached hydrogen (secondary N) is 1. The molecule has 114 valence electrons. The molecule has 0 unspecified atom stereocenters. The van der Waals surface area contributed by atoms with Crippen LogP contribution in [0.1, 0.15) is 12.5 Å². The maximum absolute atomic E-state index is 12.2. The molecule has 1 fully saturated rings. The number of carbonyl (C=O) groups is 2. The van der Waals surface area contributed by atoms with Gasteiger partial charge in [0, 0.05) is 12.1 Å². The van der Waals surface area contributed by atoms with Gasteiger partial charge >= 0.3 is 0 Å². The van der Waals surface area contributed by atoms with Crippen molar-refractivity contribution in [1.82, 2.24) is 10.2 Å². The van der Waals surface area contributed by atoms with Crippen LogP contribution in [0.3, 0.4) is 0 Å². The smallest absolute Gasteiger partial charge is 0.265 e. The van der Waals surface area contributed by atoms with Crippen LogP contribution in [0.5, 0.6) is 5.75 Å². The molecule has 0 aromatic heterocycles. The molecule has 2 rings (SSSR count). The lowest BCUT2D eigenvalue weighted by molar-refractivity contribution is -0.128. The number of rotatable bonds is 4. The summed E-state index contributed by atoms with van der Waals surface area (Å²) in [6.07, 6.45) is 4.90. The third-order valence-electron chi connectivity index (χ3n) is 3.18. The van der Waals surface area contributed by atoms with Crippen LogP contribution in [0, 0.1) is 0 Å². The number of carbonyl (C=O) groups excluding carboxylic acids is 2. The van der Waals surface area contributed by atoms with Gasteiger partial charge in [0.2, 0.25) is 0 Å². The third-order valence-corrected chi connectivity index (χ3v) is 3.50. The van der Waals surface area contributed by atoms with Crippen LogP contribution in [0.25, 0.3) is 6.08 Å². The summed E-state index contributed by atoms with van der Waals surface area (Å²) in [5, 5.41) is 2.64. The van der Waals surface area contributed by atoms with Crippen LogP contribution in [0.15, 0.2) is 42.0 Å². The molecule has 1 aromatic rings. The highest BCUT2D eigenvalue weighted by Crippen LogP contribution is 2.19. The summed E-state index contributed by atoms with van der Waals surface area (Å²) in [6.45, 7) is 2.20. The van der Waals surface area contributed by atoms with Gasteiger partial charge in [-0.25, -0.2) is 0 Å². The Bertz CT molecular complexity index is 680. The summed E-state index contributed by atoms with van der Waals surface area (Å²) < 4.78 is 5.24. The Morgan fingerprint density at radius 2 is 2.05 bits per heavy atom. The summed E-state index contributed by atoms with van der Waals surface area (Å²) in [7, 11) is 1.59. The molecule has 2 amide bonds. The topological polar surface area (TPSA) is 58.6 Å². The highest BCUT2D eigenvalue weighted by atomic mass is 32.1. The molecule has 0 radical (unpaired) electrons. The number of allylic oxidation sites excluding steroid dienone is 2. The van der Waals surface area contributed by atoms with Crippen molar-refractivity contribution in [2.45, 2.75) is 6.92 Å². The Kier molecular flexibility index (Phi) is 5.06. The van der Waals surface area contributed by atoms with Crippen LogP contribution in [-0.2, 0) is 9.59 Å². The second-order valence-corrected chi connectivity index (χ2v) is 4.88. The van der Waals surface area contributed by atoms with E-state index in [1.807, 2.05) is 24.3 Å². The van der Waals surface area contributed by atoms with Crippen molar-refractivity contribution in [2.24, 2.45) is 0 Å². The number of benzene rings is 1. The predicted octanol–water partition coefficient (Wildman–Crippen LogP) is 1.90. The maximum atomic E-state index is 12.2. The minimum absolute atomic E-state index is 0.0570. The zero-order valence-electron chi connectivity index (χ0n) is 12.3. The molecule has 0 bridgehead atoms. The fourth-order valence-corrected chi connectivity index (χ4v) is 2.36. The van der Waals surface area contributed by atoms with Crippen LogP contribution in [0.4, 0.5) is 0 Å². The Balaban J connectivity index is 2.25. The van der Waals surface area contributed by atoms with Gasteiger partial charge in [0.25, 0.3) is 11.8 Å². The summed E-state index contributed by atoms with van der Waals surface area (Å²) in [5.74, 6) is -0.154. The molecule has 1 aliphatic rings. The molecule has 0 aliphatic carbocycles. The van der Waals surface area contributed by atoms with E-state index < -0.39 is 5.91 Å². The molecule has 0 atom stereocenters. The van der Waals surface area contributed by atoms with Crippen molar-refractivity contribution < 1.29 is 14.3 Å². The number of para-hydroxylation sites is 1. The first-order valence-corrected chi connectivity index (χ1v) is 7.17. The number of hydrogen-bond acceptors (Lipinski definition) is 4. The van der Waals surface area contributed by atoms with Crippen LogP contribution in [0.2, 0.25) is 0 Å². The summed E-state index contributed by atoms with van der Waals surface area (Å²) in [5.41, 5.74) is 0.912. The lowest BCUT2D eigenvalue weighted by Crippen LogP contribution is -2.53. The van der Waals surface area contributed by atoms with E-state index in [-0.39, 0.29) is 16.6 Å². The molecule has 1 N–H and O–H groups in total. The van der Waals surface area contributed by atoms with Crippen molar-refractivity contribution >= 4 is 35.2 Å². The van der Waals surface area contributed by atoms with E-state index in [1.54, 1.807) is 26.2 Å². The average Bonchev–Trinajstić information content (AvgIpc) is 2.51. The number of hydrogen-bond donors (Lipinski definition) is 1. The summed E-state index contributed by atoms with van der Waals surface area (Å²) in [4.78, 5) is 25.4. The van der Waals surface area contributed by atoms with Crippen molar-refractivity contribution in [3.63, 3.8) is 0 Å². The SMILES string of the molecule is CCN1C(=O)/C(=C/C=C/c2ccccc2OC)C(=O)NC1=S. The van der Waals surface area contributed by atoms with Gasteiger partial charge in [0.1, 0.15) is 11.3 Å². The molecule has 0 saturated carbocycles. The van der Waals surface area contributed by atoms with Crippen molar-refractivity contribution in [2.75, 3.05) is 13.7 Å². The third kappa shape index (κ3) is 3.23. The minimum Gasteiger partial charge on any atom is -0.496 e. The predicted molar refractivity (Wildman–Crippen MR) is 88.2 cm³/mol. The van der Waals surface area contributed by atoms with E-state index >= 15 is 0 Å². The molecule has 6 heteroatoms. The van der Waals surface area contributed by atoms with Gasteiger partial charge in [-0.1, -0.05) is 30.4 Å². The molecule has 1 saturated heterocycles. The number of ether oxygens (including phenoxy) is 1.